The van der Waals surface area contributed by atoms with Gasteiger partial charge in [-0.05, 0) is 0 Å². The maximum atomic E-state index is 11.2. The number of aliphatic hydroxyl groups is 1. The minimum absolute atomic E-state index is 0.124. The molecule has 0 aliphatic carbocycles. The van der Waals surface area contributed by atoms with Crippen LogP contribution < -0.4 is 10.6 Å². The van der Waals surface area contributed by atoms with Crippen LogP contribution in [0.25, 0.3) is 0 Å². The lowest BCUT2D eigenvalue weighted by atomic mass is 10.4. The van der Waals surface area contributed by atoms with Crippen LogP contribution in [0.3, 0.4) is 0 Å². The first kappa shape index (κ1) is 7.74. The Kier molecular flexibility index (Phi) is 1.52. The monoisotopic (exact) mass is 182 g/mol. The molecular formula is C6H6N4O3. The Morgan fingerprint density at radius 3 is 3.00 bits per heavy atom. The third kappa shape index (κ3) is 1.14. The number of H-pyrrole nitrogens is 1. The van der Waals surface area contributed by atoms with Gasteiger partial charge < -0.3 is 20.7 Å². The van der Waals surface area contributed by atoms with Crippen molar-refractivity contribution < 1.29 is 14.7 Å². The van der Waals surface area contributed by atoms with Gasteiger partial charge in [-0.3, -0.25) is 9.59 Å². The first-order chi connectivity index (χ1) is 6.18. The minimum Gasteiger partial charge on any atom is -0.365 e. The summed E-state index contributed by atoms with van der Waals surface area (Å²) in [6, 6.07) is 0. The van der Waals surface area contributed by atoms with Crippen molar-refractivity contribution in [2.45, 2.75) is 6.23 Å². The van der Waals surface area contributed by atoms with Crippen LogP contribution in [0.5, 0.6) is 0 Å². The largest absolute Gasteiger partial charge is 0.365 e. The Morgan fingerprint density at radius 2 is 2.23 bits per heavy atom. The normalized spacial score (nSPS) is 21.5. The van der Waals surface area contributed by atoms with Gasteiger partial charge in [-0.2, -0.15) is 0 Å². The van der Waals surface area contributed by atoms with Gasteiger partial charge in [-0.1, -0.05) is 0 Å². The summed E-state index contributed by atoms with van der Waals surface area (Å²) in [5, 5.41) is 13.4. The number of aromatic amines is 1. The van der Waals surface area contributed by atoms with Crippen molar-refractivity contribution in [2.24, 2.45) is 0 Å². The van der Waals surface area contributed by atoms with Crippen molar-refractivity contribution in [3.8, 4) is 0 Å². The zero-order valence-corrected chi connectivity index (χ0v) is 6.37. The zero-order chi connectivity index (χ0) is 9.42. The number of nitrogens with zero attached hydrogens (tertiary/aromatic N) is 1. The molecule has 1 aliphatic rings. The molecular weight excluding hydrogens is 176 g/mol. The number of amides is 2. The van der Waals surface area contributed by atoms with E-state index in [-0.39, 0.29) is 11.5 Å². The molecule has 0 saturated carbocycles. The lowest BCUT2D eigenvalue weighted by molar-refractivity contribution is -0.124. The SMILES string of the molecule is O=C1NC(O)C(=O)Nc2nc[nH]c21. The predicted molar refractivity (Wildman–Crippen MR) is 40.7 cm³/mol. The molecule has 0 spiro atoms. The molecule has 13 heavy (non-hydrogen) atoms. The van der Waals surface area contributed by atoms with Crippen LogP contribution in [0, 0.1) is 0 Å². The Balaban J connectivity index is 2.43. The number of carbonyl (C=O) groups is 2. The summed E-state index contributed by atoms with van der Waals surface area (Å²) in [7, 11) is 0. The van der Waals surface area contributed by atoms with E-state index in [1.165, 1.54) is 6.33 Å². The molecule has 1 aromatic rings. The van der Waals surface area contributed by atoms with E-state index in [0.717, 1.165) is 0 Å². The zero-order valence-electron chi connectivity index (χ0n) is 6.37. The number of carbonyl (C=O) groups excluding carboxylic acids is 2. The summed E-state index contributed by atoms with van der Waals surface area (Å²) in [6.45, 7) is 0. The molecule has 1 aromatic heterocycles. The molecule has 68 valence electrons. The van der Waals surface area contributed by atoms with Gasteiger partial charge in [0.25, 0.3) is 11.8 Å². The Bertz CT molecular complexity index is 372. The van der Waals surface area contributed by atoms with Gasteiger partial charge in [-0.15, -0.1) is 0 Å². The molecule has 2 rings (SSSR count). The fourth-order valence-electron chi connectivity index (χ4n) is 1.01. The van der Waals surface area contributed by atoms with Gasteiger partial charge in [0.05, 0.1) is 6.33 Å². The number of aromatic nitrogens is 2. The number of hydrogen-bond acceptors (Lipinski definition) is 4. The Hall–Kier alpha value is -1.89. The average Bonchev–Trinajstić information content (AvgIpc) is 2.48. The molecule has 1 atom stereocenters. The van der Waals surface area contributed by atoms with E-state index in [1.807, 2.05) is 0 Å². The van der Waals surface area contributed by atoms with E-state index in [0.29, 0.717) is 0 Å². The highest BCUT2D eigenvalue weighted by molar-refractivity contribution is 6.07. The van der Waals surface area contributed by atoms with E-state index in [1.54, 1.807) is 0 Å². The quantitative estimate of drug-likeness (QED) is 0.388. The Morgan fingerprint density at radius 1 is 1.46 bits per heavy atom. The number of imidazole rings is 1. The molecule has 1 unspecified atom stereocenters. The number of aliphatic hydroxyl groups excluding tert-OH is 1. The summed E-state index contributed by atoms with van der Waals surface area (Å²) in [4.78, 5) is 28.4. The number of hydrogen-bond donors (Lipinski definition) is 4. The highest BCUT2D eigenvalue weighted by Gasteiger charge is 2.27. The first-order valence-corrected chi connectivity index (χ1v) is 3.51. The molecule has 1 aliphatic heterocycles. The van der Waals surface area contributed by atoms with Gasteiger partial charge in [0.1, 0.15) is 5.69 Å². The number of anilines is 1. The Labute approximate surface area is 72.2 Å². The van der Waals surface area contributed by atoms with Crippen molar-refractivity contribution in [3.63, 3.8) is 0 Å². The highest BCUT2D eigenvalue weighted by atomic mass is 16.3. The molecule has 0 radical (unpaired) electrons. The third-order valence-electron chi connectivity index (χ3n) is 1.62. The maximum absolute atomic E-state index is 11.2. The molecule has 2 amide bonds. The summed E-state index contributed by atoms with van der Waals surface area (Å²) in [5.74, 6) is -1.16. The van der Waals surface area contributed by atoms with E-state index < -0.39 is 18.0 Å². The van der Waals surface area contributed by atoms with Crippen LogP contribution in [0.2, 0.25) is 0 Å². The molecule has 7 heteroatoms. The van der Waals surface area contributed by atoms with Gasteiger partial charge in [0.15, 0.2) is 5.82 Å². The number of rotatable bonds is 0. The van der Waals surface area contributed by atoms with Crippen molar-refractivity contribution in [2.75, 3.05) is 5.32 Å². The van der Waals surface area contributed by atoms with Crippen LogP contribution in [0.4, 0.5) is 5.82 Å². The fraction of sp³-hybridized carbons (Fsp3) is 0.167. The minimum atomic E-state index is -1.53. The van der Waals surface area contributed by atoms with Crippen molar-refractivity contribution in [1.82, 2.24) is 15.3 Å². The van der Waals surface area contributed by atoms with Crippen molar-refractivity contribution in [1.29, 1.82) is 0 Å². The molecule has 0 bridgehead atoms. The van der Waals surface area contributed by atoms with Crippen LogP contribution >= 0.6 is 0 Å². The summed E-state index contributed by atoms with van der Waals surface area (Å²) in [6.07, 6.45) is -0.252. The van der Waals surface area contributed by atoms with E-state index in [4.69, 9.17) is 5.11 Å². The summed E-state index contributed by atoms with van der Waals surface area (Å²) >= 11 is 0. The highest BCUT2D eigenvalue weighted by Crippen LogP contribution is 2.12. The van der Waals surface area contributed by atoms with E-state index >= 15 is 0 Å². The molecule has 0 saturated heterocycles. The van der Waals surface area contributed by atoms with Crippen LogP contribution in [-0.4, -0.2) is 33.1 Å². The summed E-state index contributed by atoms with van der Waals surface area (Å²) in [5.41, 5.74) is 0.130. The predicted octanol–water partition coefficient (Wildman–Crippen LogP) is -1.59. The van der Waals surface area contributed by atoms with Crippen LogP contribution in [0.15, 0.2) is 6.33 Å². The second-order valence-electron chi connectivity index (χ2n) is 2.49. The lowest BCUT2D eigenvalue weighted by Crippen LogP contribution is -2.40. The third-order valence-corrected chi connectivity index (χ3v) is 1.62. The summed E-state index contributed by atoms with van der Waals surface area (Å²) < 4.78 is 0. The lowest BCUT2D eigenvalue weighted by Gasteiger charge is -2.05. The molecule has 4 N–H and O–H groups in total. The molecule has 0 fully saturated rings. The van der Waals surface area contributed by atoms with Gasteiger partial charge in [0, 0.05) is 0 Å². The average molecular weight is 182 g/mol. The van der Waals surface area contributed by atoms with Crippen LogP contribution in [0.1, 0.15) is 10.5 Å². The second-order valence-corrected chi connectivity index (χ2v) is 2.49. The van der Waals surface area contributed by atoms with Crippen LogP contribution in [-0.2, 0) is 4.79 Å². The number of nitrogens with one attached hydrogen (secondary N) is 3. The van der Waals surface area contributed by atoms with Gasteiger partial charge in [-0.25, -0.2) is 4.98 Å². The van der Waals surface area contributed by atoms with Crippen molar-refractivity contribution in [3.05, 3.63) is 12.0 Å². The fourth-order valence-corrected chi connectivity index (χ4v) is 1.01. The number of fused-ring (bicyclic) bond motifs is 1. The molecule has 7 nitrogen and oxygen atoms in total. The first-order valence-electron chi connectivity index (χ1n) is 3.51. The van der Waals surface area contributed by atoms with E-state index in [2.05, 4.69) is 20.6 Å². The molecule has 0 aromatic carbocycles. The standard InChI is InChI=1S/C6H6N4O3/c11-4-2-3(8-1-7-2)9-5(12)6(13)10-4/h1,6,13H,(H,7,8)(H,9,12)(H,10,11). The van der Waals surface area contributed by atoms with Gasteiger partial charge >= 0.3 is 0 Å². The van der Waals surface area contributed by atoms with E-state index in [9.17, 15) is 9.59 Å². The second kappa shape index (κ2) is 2.56. The molecule has 2 heterocycles. The van der Waals surface area contributed by atoms with Gasteiger partial charge in [0.2, 0.25) is 6.23 Å². The smallest absolute Gasteiger partial charge is 0.275 e. The maximum Gasteiger partial charge on any atom is 0.275 e. The topological polar surface area (TPSA) is 107 Å². The van der Waals surface area contributed by atoms with Crippen molar-refractivity contribution >= 4 is 17.6 Å².